The number of aromatic nitrogens is 4. The molecule has 1 aromatic carbocycles. The van der Waals surface area contributed by atoms with Crippen molar-refractivity contribution in [3.63, 3.8) is 0 Å². The maximum atomic E-state index is 13.0. The first-order valence-electron chi connectivity index (χ1n) is 6.68. The van der Waals surface area contributed by atoms with Crippen molar-refractivity contribution in [1.82, 2.24) is 20.0 Å². The summed E-state index contributed by atoms with van der Waals surface area (Å²) in [5, 5.41) is 10.6. The fraction of sp³-hybridized carbons (Fsp3) is 0.133. The molecular weight excluding hydrogens is 287 g/mol. The van der Waals surface area contributed by atoms with Crippen molar-refractivity contribution < 1.29 is 13.9 Å². The lowest BCUT2D eigenvalue weighted by molar-refractivity contribution is 0.0488. The Labute approximate surface area is 125 Å². The Kier molecular flexibility index (Phi) is 3.95. The zero-order valence-corrected chi connectivity index (χ0v) is 11.6. The Morgan fingerprint density at radius 3 is 2.86 bits per heavy atom. The zero-order chi connectivity index (χ0) is 15.4. The Hall–Kier alpha value is -2.96. The van der Waals surface area contributed by atoms with E-state index in [0.29, 0.717) is 23.4 Å². The summed E-state index contributed by atoms with van der Waals surface area (Å²) in [7, 11) is 0. The van der Waals surface area contributed by atoms with E-state index in [4.69, 9.17) is 4.74 Å². The molecule has 0 unspecified atom stereocenters. The number of hydrogen-bond acceptors (Lipinski definition) is 4. The lowest BCUT2D eigenvalue weighted by Gasteiger charge is -2.06. The van der Waals surface area contributed by atoms with Crippen LogP contribution in [-0.2, 0) is 11.3 Å². The fourth-order valence-corrected chi connectivity index (χ4v) is 2.02. The monoisotopic (exact) mass is 300 g/mol. The molecule has 22 heavy (non-hydrogen) atoms. The van der Waals surface area contributed by atoms with Crippen LogP contribution in [0.3, 0.4) is 0 Å². The number of hydrogen-bond donors (Lipinski definition) is 1. The molecule has 0 bridgehead atoms. The minimum Gasteiger partial charge on any atom is -0.460 e. The number of H-pyrrole nitrogens is 1. The normalized spacial score (nSPS) is 10.6. The molecule has 3 rings (SSSR count). The van der Waals surface area contributed by atoms with Crippen LogP contribution in [-0.4, -0.2) is 32.6 Å². The summed E-state index contributed by atoms with van der Waals surface area (Å²) in [6, 6.07) is 7.59. The summed E-state index contributed by atoms with van der Waals surface area (Å²) >= 11 is 0. The van der Waals surface area contributed by atoms with Crippen LogP contribution in [0.4, 0.5) is 4.39 Å². The van der Waals surface area contributed by atoms with E-state index in [2.05, 4.69) is 15.3 Å². The van der Waals surface area contributed by atoms with Crippen molar-refractivity contribution in [2.75, 3.05) is 6.61 Å². The molecule has 2 aromatic heterocycles. The standard InChI is InChI=1S/C15H13FN4O2/c16-12-4-2-11(3-5-12)14-13(10-17-19-14)15(21)22-9-8-20-7-1-6-18-20/h1-7,10H,8-9H2,(H,17,19). The van der Waals surface area contributed by atoms with Crippen LogP contribution in [0.25, 0.3) is 11.3 Å². The van der Waals surface area contributed by atoms with Gasteiger partial charge in [-0.25, -0.2) is 9.18 Å². The Morgan fingerprint density at radius 2 is 2.14 bits per heavy atom. The van der Waals surface area contributed by atoms with E-state index >= 15 is 0 Å². The predicted molar refractivity (Wildman–Crippen MR) is 76.5 cm³/mol. The minimum atomic E-state index is -0.486. The molecule has 7 heteroatoms. The van der Waals surface area contributed by atoms with Gasteiger partial charge in [0.2, 0.25) is 0 Å². The van der Waals surface area contributed by atoms with Gasteiger partial charge in [-0.05, 0) is 30.3 Å². The van der Waals surface area contributed by atoms with Crippen molar-refractivity contribution in [1.29, 1.82) is 0 Å². The number of esters is 1. The van der Waals surface area contributed by atoms with Crippen molar-refractivity contribution >= 4 is 5.97 Å². The van der Waals surface area contributed by atoms with E-state index in [0.717, 1.165) is 0 Å². The Morgan fingerprint density at radius 1 is 1.32 bits per heavy atom. The third-order valence-electron chi connectivity index (χ3n) is 3.10. The second-order valence-corrected chi connectivity index (χ2v) is 4.57. The smallest absolute Gasteiger partial charge is 0.342 e. The van der Waals surface area contributed by atoms with Gasteiger partial charge in [0.1, 0.15) is 18.0 Å². The van der Waals surface area contributed by atoms with Gasteiger partial charge in [0.05, 0.1) is 18.4 Å². The van der Waals surface area contributed by atoms with Crippen molar-refractivity contribution in [2.45, 2.75) is 6.54 Å². The highest BCUT2D eigenvalue weighted by Crippen LogP contribution is 2.21. The summed E-state index contributed by atoms with van der Waals surface area (Å²) in [5.41, 5.74) is 1.48. The lowest BCUT2D eigenvalue weighted by Crippen LogP contribution is -2.12. The van der Waals surface area contributed by atoms with Gasteiger partial charge >= 0.3 is 5.97 Å². The predicted octanol–water partition coefficient (Wildman–Crippen LogP) is 2.27. The molecule has 0 saturated heterocycles. The van der Waals surface area contributed by atoms with Crippen LogP contribution in [0.5, 0.6) is 0 Å². The zero-order valence-electron chi connectivity index (χ0n) is 11.6. The average Bonchev–Trinajstić information content (AvgIpc) is 3.19. The number of benzene rings is 1. The molecule has 0 radical (unpaired) electrons. The number of carbonyl (C=O) groups is 1. The summed E-state index contributed by atoms with van der Waals surface area (Å²) in [6.07, 6.45) is 4.84. The number of nitrogens with one attached hydrogen (secondary N) is 1. The van der Waals surface area contributed by atoms with Gasteiger partial charge in [-0.1, -0.05) is 0 Å². The maximum Gasteiger partial charge on any atom is 0.342 e. The molecular formula is C15H13FN4O2. The molecule has 0 fully saturated rings. The van der Waals surface area contributed by atoms with Crippen molar-refractivity contribution in [3.8, 4) is 11.3 Å². The minimum absolute atomic E-state index is 0.203. The summed E-state index contributed by atoms with van der Waals surface area (Å²) in [6.45, 7) is 0.678. The summed E-state index contributed by atoms with van der Waals surface area (Å²) < 4.78 is 19.8. The van der Waals surface area contributed by atoms with Gasteiger partial charge in [0.15, 0.2) is 0 Å². The molecule has 0 spiro atoms. The fourth-order valence-electron chi connectivity index (χ4n) is 2.02. The van der Waals surface area contributed by atoms with Crippen molar-refractivity contribution in [2.24, 2.45) is 0 Å². The third kappa shape index (κ3) is 3.03. The largest absolute Gasteiger partial charge is 0.460 e. The molecule has 0 aliphatic carbocycles. The topological polar surface area (TPSA) is 72.8 Å². The summed E-state index contributed by atoms with van der Waals surface area (Å²) in [4.78, 5) is 12.1. The highest BCUT2D eigenvalue weighted by atomic mass is 19.1. The average molecular weight is 300 g/mol. The Balaban J connectivity index is 1.68. The summed E-state index contributed by atoms with van der Waals surface area (Å²) in [5.74, 6) is -0.827. The van der Waals surface area contributed by atoms with Crippen LogP contribution in [0.2, 0.25) is 0 Å². The van der Waals surface area contributed by atoms with Crippen LogP contribution < -0.4 is 0 Å². The number of rotatable bonds is 5. The Bertz CT molecular complexity index is 750. The van der Waals surface area contributed by atoms with E-state index in [-0.39, 0.29) is 12.4 Å². The highest BCUT2D eigenvalue weighted by Gasteiger charge is 2.16. The number of nitrogens with zero attached hydrogens (tertiary/aromatic N) is 3. The van der Waals surface area contributed by atoms with E-state index in [1.165, 1.54) is 18.3 Å². The number of carbonyl (C=O) groups excluding carboxylic acids is 1. The molecule has 6 nitrogen and oxygen atoms in total. The van der Waals surface area contributed by atoms with Crippen LogP contribution in [0.1, 0.15) is 10.4 Å². The van der Waals surface area contributed by atoms with Crippen LogP contribution >= 0.6 is 0 Å². The van der Waals surface area contributed by atoms with E-state index in [1.807, 2.05) is 0 Å². The molecule has 0 atom stereocenters. The third-order valence-corrected chi connectivity index (χ3v) is 3.10. The maximum absolute atomic E-state index is 13.0. The van der Waals surface area contributed by atoms with Crippen LogP contribution in [0, 0.1) is 5.82 Å². The van der Waals surface area contributed by atoms with Crippen molar-refractivity contribution in [3.05, 3.63) is 60.3 Å². The molecule has 0 aliphatic rings. The van der Waals surface area contributed by atoms with E-state index < -0.39 is 5.97 Å². The van der Waals surface area contributed by atoms with Gasteiger partial charge in [-0.15, -0.1) is 0 Å². The van der Waals surface area contributed by atoms with Gasteiger partial charge in [-0.3, -0.25) is 9.78 Å². The first-order valence-corrected chi connectivity index (χ1v) is 6.68. The molecule has 3 aromatic rings. The molecule has 0 aliphatic heterocycles. The lowest BCUT2D eigenvalue weighted by atomic mass is 10.1. The van der Waals surface area contributed by atoms with E-state index in [9.17, 15) is 9.18 Å². The molecule has 0 amide bonds. The van der Waals surface area contributed by atoms with Gasteiger partial charge < -0.3 is 4.74 Å². The van der Waals surface area contributed by atoms with Gasteiger partial charge in [0.25, 0.3) is 0 Å². The first-order chi connectivity index (χ1) is 10.7. The highest BCUT2D eigenvalue weighted by molar-refractivity contribution is 5.95. The van der Waals surface area contributed by atoms with Crippen LogP contribution in [0.15, 0.2) is 48.9 Å². The quantitative estimate of drug-likeness (QED) is 0.734. The second-order valence-electron chi connectivity index (χ2n) is 4.57. The second kappa shape index (κ2) is 6.21. The van der Waals surface area contributed by atoms with E-state index in [1.54, 1.807) is 35.3 Å². The number of halogens is 1. The number of ether oxygens (including phenoxy) is 1. The van der Waals surface area contributed by atoms with Gasteiger partial charge in [0, 0.05) is 18.0 Å². The SMILES string of the molecule is O=C(OCCn1cccn1)c1cn[nH]c1-c1ccc(F)cc1. The van der Waals surface area contributed by atoms with Gasteiger partial charge in [-0.2, -0.15) is 10.2 Å². The molecule has 0 saturated carbocycles. The molecule has 112 valence electrons. The molecule has 1 N–H and O–H groups in total. The molecule has 2 heterocycles. The first kappa shape index (κ1) is 14.0. The number of aromatic amines is 1.